The maximum Gasteiger partial charge on any atom is 0.309 e. The molecule has 1 aliphatic rings. The highest BCUT2D eigenvalue weighted by molar-refractivity contribution is 5.72. The van der Waals surface area contributed by atoms with Gasteiger partial charge >= 0.3 is 5.97 Å². The second-order valence-corrected chi connectivity index (χ2v) is 14.5. The van der Waals surface area contributed by atoms with Crippen molar-refractivity contribution in [2.24, 2.45) is 17.8 Å². The Morgan fingerprint density at radius 1 is 0.652 bits per heavy atom. The average Bonchev–Trinajstić information content (AvgIpc) is 3.06. The first-order valence-electron chi connectivity index (χ1n) is 20.3. The van der Waals surface area contributed by atoms with Gasteiger partial charge in [-0.3, -0.25) is 4.79 Å². The number of hydrogen-bond donors (Lipinski definition) is 0. The number of nitrogens with zero attached hydrogens (tertiary/aromatic N) is 1. The number of piperidine rings is 1. The molecule has 0 N–H and O–H groups in total. The molecule has 5 nitrogen and oxygen atoms in total. The fraction of sp³-hybridized carbons (Fsp3) is 0.951. The van der Waals surface area contributed by atoms with Crippen molar-refractivity contribution in [1.29, 1.82) is 0 Å². The number of rotatable bonds is 31. The Kier molecular flexibility index (Phi) is 34.6. The summed E-state index contributed by atoms with van der Waals surface area (Å²) in [7, 11) is 3.94. The molecule has 0 radical (unpaired) electrons. The molecule has 0 bridgehead atoms. The third kappa shape index (κ3) is 29.2. The first-order chi connectivity index (χ1) is 22.5. The van der Waals surface area contributed by atoms with Crippen molar-refractivity contribution in [1.82, 2.24) is 4.90 Å². The van der Waals surface area contributed by atoms with Gasteiger partial charge in [0.1, 0.15) is 6.29 Å². The smallest absolute Gasteiger partial charge is 0.309 e. The van der Waals surface area contributed by atoms with E-state index in [4.69, 9.17) is 9.47 Å². The lowest BCUT2D eigenvalue weighted by Gasteiger charge is -2.28. The summed E-state index contributed by atoms with van der Waals surface area (Å²) in [5.74, 6) is 1.61. The molecule has 1 atom stereocenters. The van der Waals surface area contributed by atoms with E-state index in [0.717, 1.165) is 51.2 Å². The van der Waals surface area contributed by atoms with Crippen LogP contribution in [0.3, 0.4) is 0 Å². The van der Waals surface area contributed by atoms with Gasteiger partial charge in [0.2, 0.25) is 0 Å². The van der Waals surface area contributed by atoms with E-state index in [1.165, 1.54) is 148 Å². The molecule has 274 valence electrons. The van der Waals surface area contributed by atoms with Gasteiger partial charge in [0, 0.05) is 20.1 Å². The van der Waals surface area contributed by atoms with Gasteiger partial charge in [0.25, 0.3) is 0 Å². The molecule has 1 fully saturated rings. The van der Waals surface area contributed by atoms with Gasteiger partial charge in [-0.05, 0) is 70.5 Å². The lowest BCUT2D eigenvalue weighted by Crippen LogP contribution is -2.34. The molecule has 1 heterocycles. The van der Waals surface area contributed by atoms with Gasteiger partial charge in [0.15, 0.2) is 0 Å². The quantitative estimate of drug-likeness (QED) is 0.0424. The predicted octanol–water partition coefficient (Wildman–Crippen LogP) is 11.7. The largest absolute Gasteiger partial charge is 0.465 e. The first kappa shape index (κ1) is 45.1. The molecule has 1 unspecified atom stereocenters. The fourth-order valence-electron chi connectivity index (χ4n) is 6.71. The molecule has 1 saturated heterocycles. The SMILES string of the molecule is CCCCCC(CCCCC)CCOC.CCCCCCCCCC(CCCCCCCCC=O)COC(=O)C1CCN(C)CC1. The van der Waals surface area contributed by atoms with Gasteiger partial charge in [-0.15, -0.1) is 0 Å². The Labute approximate surface area is 288 Å². The van der Waals surface area contributed by atoms with E-state index >= 15 is 0 Å². The number of hydrogen-bond acceptors (Lipinski definition) is 5. The van der Waals surface area contributed by atoms with E-state index in [9.17, 15) is 9.59 Å². The van der Waals surface area contributed by atoms with Crippen molar-refractivity contribution in [2.75, 3.05) is 40.5 Å². The van der Waals surface area contributed by atoms with Crippen LogP contribution < -0.4 is 0 Å². The number of aldehydes is 1. The number of ether oxygens (including phenoxy) is 2. The van der Waals surface area contributed by atoms with E-state index in [1.807, 2.05) is 7.11 Å². The summed E-state index contributed by atoms with van der Waals surface area (Å²) in [6.07, 6.45) is 35.0. The van der Waals surface area contributed by atoms with Gasteiger partial charge < -0.3 is 19.2 Å². The van der Waals surface area contributed by atoms with Gasteiger partial charge in [0.05, 0.1) is 12.5 Å². The monoisotopic (exact) mass is 652 g/mol. The molecule has 5 heteroatoms. The molecule has 0 aromatic heterocycles. The van der Waals surface area contributed by atoms with Crippen LogP contribution >= 0.6 is 0 Å². The second kappa shape index (κ2) is 35.4. The minimum absolute atomic E-state index is 0.0489. The standard InChI is InChI=1S/C27H51NO3.C14H30O/c1-3-4-5-6-8-11-14-17-25(18-15-12-9-7-10-13-16-23-29)24-31-27(30)26-19-21-28(2)22-20-26;1-4-6-8-10-14(12-13-15-3)11-9-7-5-2/h23,25-26H,3-22,24H2,1-2H3;14H,4-13H2,1-3H3. The van der Waals surface area contributed by atoms with Crippen LogP contribution in [0.2, 0.25) is 0 Å². The van der Waals surface area contributed by atoms with Crippen LogP contribution in [0.5, 0.6) is 0 Å². The Hall–Kier alpha value is -0.940. The van der Waals surface area contributed by atoms with Crippen LogP contribution in [-0.4, -0.2) is 57.6 Å². The second-order valence-electron chi connectivity index (χ2n) is 14.5. The molecule has 0 saturated carbocycles. The summed E-state index contributed by atoms with van der Waals surface area (Å²) < 4.78 is 11.0. The molecule has 0 aliphatic carbocycles. The summed E-state index contributed by atoms with van der Waals surface area (Å²) in [6.45, 7) is 10.4. The van der Waals surface area contributed by atoms with Crippen LogP contribution in [-0.2, 0) is 19.1 Å². The molecule has 0 amide bonds. The van der Waals surface area contributed by atoms with Crippen molar-refractivity contribution in [3.63, 3.8) is 0 Å². The topological polar surface area (TPSA) is 55.8 Å². The highest BCUT2D eigenvalue weighted by atomic mass is 16.5. The third-order valence-corrected chi connectivity index (χ3v) is 10.1. The lowest BCUT2D eigenvalue weighted by molar-refractivity contribution is -0.151. The lowest BCUT2D eigenvalue weighted by atomic mass is 9.92. The summed E-state index contributed by atoms with van der Waals surface area (Å²) >= 11 is 0. The number of esters is 1. The van der Waals surface area contributed by atoms with Gasteiger partial charge in [-0.25, -0.2) is 0 Å². The minimum Gasteiger partial charge on any atom is -0.465 e. The van der Waals surface area contributed by atoms with E-state index in [1.54, 1.807) is 0 Å². The molecular weight excluding hydrogens is 570 g/mol. The van der Waals surface area contributed by atoms with Gasteiger partial charge in [-0.2, -0.15) is 0 Å². The van der Waals surface area contributed by atoms with Gasteiger partial charge in [-0.1, -0.05) is 149 Å². The average molecular weight is 652 g/mol. The van der Waals surface area contributed by atoms with E-state index in [0.29, 0.717) is 18.9 Å². The highest BCUT2D eigenvalue weighted by Gasteiger charge is 2.25. The van der Waals surface area contributed by atoms with E-state index in [2.05, 4.69) is 32.7 Å². The predicted molar refractivity (Wildman–Crippen MR) is 199 cm³/mol. The number of likely N-dealkylation sites (tertiary alicyclic amines) is 1. The van der Waals surface area contributed by atoms with Crippen molar-refractivity contribution >= 4 is 12.3 Å². The Balaban J connectivity index is 0.00000113. The first-order valence-corrected chi connectivity index (χ1v) is 20.3. The molecule has 1 aliphatic heterocycles. The molecule has 0 aromatic rings. The number of carbonyl (C=O) groups is 2. The maximum absolute atomic E-state index is 12.5. The zero-order valence-corrected chi connectivity index (χ0v) is 31.8. The fourth-order valence-corrected chi connectivity index (χ4v) is 6.71. The van der Waals surface area contributed by atoms with Crippen molar-refractivity contribution in [3.8, 4) is 0 Å². The minimum atomic E-state index is 0.0489. The van der Waals surface area contributed by atoms with Crippen LogP contribution in [0.4, 0.5) is 0 Å². The summed E-state index contributed by atoms with van der Waals surface area (Å²) in [6, 6.07) is 0. The van der Waals surface area contributed by atoms with Crippen LogP contribution in [0.1, 0.15) is 194 Å². The maximum atomic E-state index is 12.5. The zero-order valence-electron chi connectivity index (χ0n) is 31.8. The van der Waals surface area contributed by atoms with E-state index in [-0.39, 0.29) is 11.9 Å². The van der Waals surface area contributed by atoms with Crippen molar-refractivity contribution in [2.45, 2.75) is 194 Å². The summed E-state index contributed by atoms with van der Waals surface area (Å²) in [5, 5.41) is 0. The normalized spacial score (nSPS) is 14.7. The van der Waals surface area contributed by atoms with Crippen LogP contribution in [0.15, 0.2) is 0 Å². The molecule has 0 aromatic carbocycles. The Morgan fingerprint density at radius 3 is 1.59 bits per heavy atom. The number of unbranched alkanes of at least 4 members (excludes halogenated alkanes) is 16. The Bertz CT molecular complexity index is 624. The molecule has 1 rings (SSSR count). The Morgan fingerprint density at radius 2 is 1.09 bits per heavy atom. The molecule has 46 heavy (non-hydrogen) atoms. The summed E-state index contributed by atoms with van der Waals surface area (Å²) in [4.78, 5) is 25.2. The van der Waals surface area contributed by atoms with Crippen molar-refractivity contribution < 1.29 is 19.1 Å². The van der Waals surface area contributed by atoms with Crippen LogP contribution in [0, 0.1) is 17.8 Å². The van der Waals surface area contributed by atoms with Crippen molar-refractivity contribution in [3.05, 3.63) is 0 Å². The zero-order chi connectivity index (χ0) is 33.9. The number of carbonyl (C=O) groups excluding carboxylic acids is 2. The summed E-state index contributed by atoms with van der Waals surface area (Å²) in [5.41, 5.74) is 0. The van der Waals surface area contributed by atoms with E-state index < -0.39 is 0 Å². The molecular formula is C41H81NO4. The number of methoxy groups -OCH3 is 1. The highest BCUT2D eigenvalue weighted by Crippen LogP contribution is 2.23. The van der Waals surface area contributed by atoms with Crippen LogP contribution in [0.25, 0.3) is 0 Å². The molecule has 0 spiro atoms. The third-order valence-electron chi connectivity index (χ3n) is 10.1.